The van der Waals surface area contributed by atoms with Crippen LogP contribution in [0.4, 0.5) is 0 Å². The second-order valence-electron chi connectivity index (χ2n) is 1.83. The fourth-order valence-electron chi connectivity index (χ4n) is 0.691. The second-order valence-corrected chi connectivity index (χ2v) is 1.83. The van der Waals surface area contributed by atoms with E-state index in [0.29, 0.717) is 0 Å². The Kier molecular flexibility index (Phi) is 5.83. The minimum absolute atomic E-state index is 1.11. The Bertz CT molecular complexity index is 133. The third-order valence-corrected chi connectivity index (χ3v) is 1.07. The normalized spacial score (nSPS) is 8.30. The van der Waals surface area contributed by atoms with Crippen molar-refractivity contribution in [3.8, 4) is 0 Å². The summed E-state index contributed by atoms with van der Waals surface area (Å²) in [6.45, 7) is 6.15. The molecule has 2 nitrogen and oxygen atoms in total. The van der Waals surface area contributed by atoms with E-state index in [1.807, 2.05) is 20.0 Å². The molecule has 0 aliphatic carbocycles. The highest BCUT2D eigenvalue weighted by Gasteiger charge is 1.86. The molecule has 0 radical (unpaired) electrons. The SMILES string of the molecule is CC.CCCc1cnc[nH]1. The molecule has 1 rings (SSSR count). The van der Waals surface area contributed by atoms with Crippen molar-refractivity contribution in [1.82, 2.24) is 9.97 Å². The van der Waals surface area contributed by atoms with Gasteiger partial charge in [-0.2, -0.15) is 0 Å². The molecule has 58 valence electrons. The predicted octanol–water partition coefficient (Wildman–Crippen LogP) is 2.39. The van der Waals surface area contributed by atoms with Gasteiger partial charge in [-0.05, 0) is 6.42 Å². The molecule has 0 saturated heterocycles. The predicted molar refractivity (Wildman–Crippen MR) is 43.9 cm³/mol. The summed E-state index contributed by atoms with van der Waals surface area (Å²) in [7, 11) is 0. The molecule has 10 heavy (non-hydrogen) atoms. The van der Waals surface area contributed by atoms with Gasteiger partial charge >= 0.3 is 0 Å². The van der Waals surface area contributed by atoms with Crippen molar-refractivity contribution in [3.05, 3.63) is 18.2 Å². The van der Waals surface area contributed by atoms with Gasteiger partial charge in [0.1, 0.15) is 0 Å². The molecule has 0 bridgehead atoms. The zero-order valence-corrected chi connectivity index (χ0v) is 7.02. The molecule has 0 atom stereocenters. The highest BCUT2D eigenvalue weighted by Crippen LogP contribution is 1.93. The Morgan fingerprint density at radius 3 is 2.60 bits per heavy atom. The third-order valence-electron chi connectivity index (χ3n) is 1.07. The van der Waals surface area contributed by atoms with Crippen molar-refractivity contribution < 1.29 is 0 Å². The van der Waals surface area contributed by atoms with Gasteiger partial charge in [-0.15, -0.1) is 0 Å². The standard InChI is InChI=1S/C6H10N2.C2H6/c1-2-3-6-4-7-5-8-6;1-2/h4-5H,2-3H2,1H3,(H,7,8);1-2H3. The van der Waals surface area contributed by atoms with Gasteiger partial charge in [-0.25, -0.2) is 4.98 Å². The van der Waals surface area contributed by atoms with Gasteiger partial charge in [0, 0.05) is 11.9 Å². The number of H-pyrrole nitrogens is 1. The van der Waals surface area contributed by atoms with E-state index in [2.05, 4.69) is 16.9 Å². The molecule has 1 aromatic heterocycles. The summed E-state index contributed by atoms with van der Waals surface area (Å²) >= 11 is 0. The third kappa shape index (κ3) is 3.28. The maximum absolute atomic E-state index is 3.89. The molecule has 0 spiro atoms. The number of nitrogens with zero attached hydrogens (tertiary/aromatic N) is 1. The van der Waals surface area contributed by atoms with Gasteiger partial charge in [0.2, 0.25) is 0 Å². The maximum Gasteiger partial charge on any atom is 0.0921 e. The van der Waals surface area contributed by atoms with Crippen LogP contribution in [0.1, 0.15) is 32.9 Å². The highest BCUT2D eigenvalue weighted by molar-refractivity contribution is 4.93. The summed E-state index contributed by atoms with van der Waals surface area (Å²) in [4.78, 5) is 6.91. The molecule has 0 aliphatic rings. The summed E-state index contributed by atoms with van der Waals surface area (Å²) in [5.74, 6) is 0. The van der Waals surface area contributed by atoms with Crippen molar-refractivity contribution in [2.75, 3.05) is 0 Å². The first-order valence-corrected chi connectivity index (χ1v) is 3.90. The van der Waals surface area contributed by atoms with Gasteiger partial charge in [0.15, 0.2) is 0 Å². The summed E-state index contributed by atoms with van der Waals surface area (Å²) in [6.07, 6.45) is 5.87. The van der Waals surface area contributed by atoms with Crippen molar-refractivity contribution in [1.29, 1.82) is 0 Å². The molecule has 2 heteroatoms. The van der Waals surface area contributed by atoms with Crippen LogP contribution in [-0.2, 0) is 6.42 Å². The molecule has 1 N–H and O–H groups in total. The van der Waals surface area contributed by atoms with Crippen LogP contribution >= 0.6 is 0 Å². The van der Waals surface area contributed by atoms with E-state index in [4.69, 9.17) is 0 Å². The first-order chi connectivity index (χ1) is 4.93. The van der Waals surface area contributed by atoms with Crippen LogP contribution in [0, 0.1) is 0 Å². The van der Waals surface area contributed by atoms with Gasteiger partial charge < -0.3 is 4.98 Å². The van der Waals surface area contributed by atoms with Crippen LogP contribution in [-0.4, -0.2) is 9.97 Å². The molecule has 0 saturated carbocycles. The smallest absolute Gasteiger partial charge is 0.0921 e. The lowest BCUT2D eigenvalue weighted by atomic mass is 10.3. The zero-order valence-electron chi connectivity index (χ0n) is 7.02. The van der Waals surface area contributed by atoms with Gasteiger partial charge in [-0.1, -0.05) is 27.2 Å². The minimum atomic E-state index is 1.11. The highest BCUT2D eigenvalue weighted by atomic mass is 14.9. The monoisotopic (exact) mass is 140 g/mol. The molecule has 1 heterocycles. The quantitative estimate of drug-likeness (QED) is 0.671. The molecule has 0 aromatic carbocycles. The van der Waals surface area contributed by atoms with E-state index < -0.39 is 0 Å². The largest absolute Gasteiger partial charge is 0.348 e. The molecule has 0 fully saturated rings. The average molecular weight is 140 g/mol. The van der Waals surface area contributed by atoms with Crippen LogP contribution in [0.15, 0.2) is 12.5 Å². The molecule has 1 aromatic rings. The Balaban J connectivity index is 0.000000371. The molecule has 0 unspecified atom stereocenters. The van der Waals surface area contributed by atoms with Crippen LogP contribution in [0.3, 0.4) is 0 Å². The van der Waals surface area contributed by atoms with E-state index in [-0.39, 0.29) is 0 Å². The fourth-order valence-corrected chi connectivity index (χ4v) is 0.691. The minimum Gasteiger partial charge on any atom is -0.348 e. The lowest BCUT2D eigenvalue weighted by Crippen LogP contribution is -1.79. The number of rotatable bonds is 2. The fraction of sp³-hybridized carbons (Fsp3) is 0.625. The van der Waals surface area contributed by atoms with Crippen molar-refractivity contribution in [3.63, 3.8) is 0 Å². The van der Waals surface area contributed by atoms with E-state index >= 15 is 0 Å². The van der Waals surface area contributed by atoms with Crippen molar-refractivity contribution in [2.24, 2.45) is 0 Å². The Hall–Kier alpha value is -0.790. The lowest BCUT2D eigenvalue weighted by molar-refractivity contribution is 0.892. The van der Waals surface area contributed by atoms with E-state index in [9.17, 15) is 0 Å². The molecular formula is C8H16N2. The van der Waals surface area contributed by atoms with Crippen molar-refractivity contribution in [2.45, 2.75) is 33.6 Å². The first kappa shape index (κ1) is 9.21. The second kappa shape index (κ2) is 6.33. The summed E-state index contributed by atoms with van der Waals surface area (Å²) in [5.41, 5.74) is 1.23. The summed E-state index contributed by atoms with van der Waals surface area (Å²) < 4.78 is 0. The van der Waals surface area contributed by atoms with E-state index in [0.717, 1.165) is 6.42 Å². The lowest BCUT2D eigenvalue weighted by Gasteiger charge is -1.86. The number of nitrogens with one attached hydrogen (secondary N) is 1. The van der Waals surface area contributed by atoms with Crippen LogP contribution in [0.2, 0.25) is 0 Å². The Morgan fingerprint density at radius 2 is 2.20 bits per heavy atom. The zero-order chi connectivity index (χ0) is 7.82. The summed E-state index contributed by atoms with van der Waals surface area (Å²) in [5, 5.41) is 0. The number of imidazole rings is 1. The van der Waals surface area contributed by atoms with Gasteiger partial charge in [0.25, 0.3) is 0 Å². The van der Waals surface area contributed by atoms with Crippen molar-refractivity contribution >= 4 is 0 Å². The maximum atomic E-state index is 3.89. The molecular weight excluding hydrogens is 124 g/mol. The molecule has 0 aliphatic heterocycles. The first-order valence-electron chi connectivity index (χ1n) is 3.90. The topological polar surface area (TPSA) is 28.7 Å². The van der Waals surface area contributed by atoms with Crippen LogP contribution in [0.5, 0.6) is 0 Å². The number of aryl methyl sites for hydroxylation is 1. The number of hydrogen-bond donors (Lipinski definition) is 1. The van der Waals surface area contributed by atoms with Gasteiger partial charge in [0.05, 0.1) is 6.33 Å². The van der Waals surface area contributed by atoms with Crippen LogP contribution in [0.25, 0.3) is 0 Å². The van der Waals surface area contributed by atoms with E-state index in [1.54, 1.807) is 6.33 Å². The van der Waals surface area contributed by atoms with E-state index in [1.165, 1.54) is 12.1 Å². The van der Waals surface area contributed by atoms with Gasteiger partial charge in [-0.3, -0.25) is 0 Å². The number of aromatic amines is 1. The van der Waals surface area contributed by atoms with Crippen LogP contribution < -0.4 is 0 Å². The Morgan fingerprint density at radius 1 is 1.50 bits per heavy atom. The number of hydrogen-bond acceptors (Lipinski definition) is 1. The summed E-state index contributed by atoms with van der Waals surface area (Å²) in [6, 6.07) is 0. The Labute approximate surface area is 62.7 Å². The average Bonchev–Trinajstić information content (AvgIpc) is 2.46. The molecule has 0 amide bonds. The number of aromatic nitrogens is 2.